The van der Waals surface area contributed by atoms with E-state index in [0.29, 0.717) is 18.4 Å². The lowest BCUT2D eigenvalue weighted by Gasteiger charge is -2.20. The zero-order valence-corrected chi connectivity index (χ0v) is 11.8. The molecule has 0 radical (unpaired) electrons. The molecule has 0 aliphatic rings. The number of hydrogen-bond acceptors (Lipinski definition) is 1. The van der Waals surface area contributed by atoms with Crippen molar-refractivity contribution in [3.05, 3.63) is 35.1 Å². The van der Waals surface area contributed by atoms with Gasteiger partial charge in [0.25, 0.3) is 0 Å². The first-order chi connectivity index (χ1) is 8.95. The Balaban J connectivity index is 2.92. The van der Waals surface area contributed by atoms with E-state index < -0.39 is 17.5 Å². The normalized spacial score (nSPS) is 13.0. The Labute approximate surface area is 113 Å². The molecule has 1 rings (SSSR count). The first-order valence-corrected chi connectivity index (χ1v) is 6.83. The van der Waals surface area contributed by atoms with E-state index in [0.717, 1.165) is 25.5 Å². The average Bonchev–Trinajstić information content (AvgIpc) is 2.34. The molecular formula is C15H22F3N. The van der Waals surface area contributed by atoms with Crippen LogP contribution in [0.15, 0.2) is 12.1 Å². The minimum Gasteiger partial charge on any atom is -0.310 e. The van der Waals surface area contributed by atoms with Gasteiger partial charge in [-0.3, -0.25) is 0 Å². The van der Waals surface area contributed by atoms with Gasteiger partial charge in [-0.05, 0) is 37.8 Å². The average molecular weight is 273 g/mol. The lowest BCUT2D eigenvalue weighted by molar-refractivity contribution is 0.418. The van der Waals surface area contributed by atoms with Gasteiger partial charge in [-0.1, -0.05) is 20.8 Å². The van der Waals surface area contributed by atoms with Crippen LogP contribution >= 0.6 is 0 Å². The third-order valence-electron chi connectivity index (χ3n) is 3.09. The van der Waals surface area contributed by atoms with Crippen molar-refractivity contribution in [2.75, 3.05) is 6.54 Å². The van der Waals surface area contributed by atoms with Crippen molar-refractivity contribution in [3.8, 4) is 0 Å². The summed E-state index contributed by atoms with van der Waals surface area (Å²) in [6.07, 6.45) is 2.52. The summed E-state index contributed by atoms with van der Waals surface area (Å²) in [6.45, 7) is 6.90. The molecule has 19 heavy (non-hydrogen) atoms. The molecule has 1 N–H and O–H groups in total. The molecule has 0 aliphatic heterocycles. The first kappa shape index (κ1) is 16.0. The smallest absolute Gasteiger partial charge is 0.161 e. The van der Waals surface area contributed by atoms with Crippen molar-refractivity contribution in [2.24, 2.45) is 5.92 Å². The van der Waals surface area contributed by atoms with Crippen LogP contribution in [0.5, 0.6) is 0 Å². The molecule has 4 heteroatoms. The predicted octanol–water partition coefficient (Wildman–Crippen LogP) is 4.58. The second kappa shape index (κ2) is 7.53. The fourth-order valence-electron chi connectivity index (χ4n) is 1.99. The SMILES string of the molecule is CCCNC(CCC(C)C)c1cc(F)c(F)cc1F. The van der Waals surface area contributed by atoms with Gasteiger partial charge in [0.2, 0.25) is 0 Å². The molecule has 1 unspecified atom stereocenters. The molecule has 1 aromatic rings. The van der Waals surface area contributed by atoms with E-state index in [1.165, 1.54) is 0 Å². The maximum Gasteiger partial charge on any atom is 0.161 e. The molecule has 1 atom stereocenters. The van der Waals surface area contributed by atoms with E-state index in [1.54, 1.807) is 0 Å². The highest BCUT2D eigenvalue weighted by atomic mass is 19.2. The molecule has 1 aromatic carbocycles. The highest BCUT2D eigenvalue weighted by Crippen LogP contribution is 2.25. The molecule has 1 nitrogen and oxygen atoms in total. The highest BCUT2D eigenvalue weighted by molar-refractivity contribution is 5.23. The summed E-state index contributed by atoms with van der Waals surface area (Å²) in [5.41, 5.74) is 0.216. The lowest BCUT2D eigenvalue weighted by atomic mass is 9.97. The first-order valence-electron chi connectivity index (χ1n) is 6.83. The molecule has 0 aliphatic carbocycles. The van der Waals surface area contributed by atoms with Crippen LogP contribution in [0.3, 0.4) is 0 Å². The van der Waals surface area contributed by atoms with Gasteiger partial charge in [0.1, 0.15) is 5.82 Å². The Kier molecular flexibility index (Phi) is 6.35. The van der Waals surface area contributed by atoms with Crippen molar-refractivity contribution in [2.45, 2.75) is 46.1 Å². The highest BCUT2D eigenvalue weighted by Gasteiger charge is 2.18. The molecule has 0 saturated carbocycles. The quantitative estimate of drug-likeness (QED) is 0.717. The zero-order chi connectivity index (χ0) is 14.4. The monoisotopic (exact) mass is 273 g/mol. The van der Waals surface area contributed by atoms with Crippen LogP contribution in [0.4, 0.5) is 13.2 Å². The molecular weight excluding hydrogens is 251 g/mol. The molecule has 0 saturated heterocycles. The Hall–Kier alpha value is -1.03. The molecule has 0 aromatic heterocycles. The summed E-state index contributed by atoms with van der Waals surface area (Å²) in [5, 5.41) is 3.20. The summed E-state index contributed by atoms with van der Waals surface area (Å²) in [6, 6.07) is 1.33. The van der Waals surface area contributed by atoms with Gasteiger partial charge in [0.05, 0.1) is 0 Å². The largest absolute Gasteiger partial charge is 0.310 e. The van der Waals surface area contributed by atoms with Crippen LogP contribution in [-0.2, 0) is 0 Å². The van der Waals surface area contributed by atoms with Gasteiger partial charge in [-0.25, -0.2) is 13.2 Å². The zero-order valence-electron chi connectivity index (χ0n) is 11.8. The van der Waals surface area contributed by atoms with Crippen molar-refractivity contribution < 1.29 is 13.2 Å². The van der Waals surface area contributed by atoms with Crippen LogP contribution < -0.4 is 5.32 Å². The molecule has 0 amide bonds. The second-order valence-corrected chi connectivity index (χ2v) is 5.27. The fourth-order valence-corrected chi connectivity index (χ4v) is 1.99. The van der Waals surface area contributed by atoms with Crippen molar-refractivity contribution >= 4 is 0 Å². The van der Waals surface area contributed by atoms with E-state index in [2.05, 4.69) is 19.2 Å². The van der Waals surface area contributed by atoms with Crippen molar-refractivity contribution in [1.29, 1.82) is 0 Å². The van der Waals surface area contributed by atoms with Crippen molar-refractivity contribution in [3.63, 3.8) is 0 Å². The number of benzene rings is 1. The van der Waals surface area contributed by atoms with Gasteiger partial charge >= 0.3 is 0 Å². The summed E-state index contributed by atoms with van der Waals surface area (Å²) >= 11 is 0. The Morgan fingerprint density at radius 2 is 1.63 bits per heavy atom. The lowest BCUT2D eigenvalue weighted by Crippen LogP contribution is -2.24. The third-order valence-corrected chi connectivity index (χ3v) is 3.09. The topological polar surface area (TPSA) is 12.0 Å². The van der Waals surface area contributed by atoms with Gasteiger partial charge in [0, 0.05) is 17.7 Å². The van der Waals surface area contributed by atoms with E-state index in [-0.39, 0.29) is 11.6 Å². The molecule has 0 heterocycles. The van der Waals surface area contributed by atoms with Gasteiger partial charge in [0.15, 0.2) is 11.6 Å². The summed E-state index contributed by atoms with van der Waals surface area (Å²) in [7, 11) is 0. The van der Waals surface area contributed by atoms with Crippen LogP contribution in [0.25, 0.3) is 0 Å². The number of rotatable bonds is 7. The van der Waals surface area contributed by atoms with Crippen LogP contribution in [0.1, 0.15) is 51.6 Å². The Morgan fingerprint density at radius 1 is 1.00 bits per heavy atom. The predicted molar refractivity (Wildman–Crippen MR) is 71.4 cm³/mol. The van der Waals surface area contributed by atoms with Crippen molar-refractivity contribution in [1.82, 2.24) is 5.32 Å². The molecule has 0 fully saturated rings. The maximum absolute atomic E-state index is 13.8. The summed E-state index contributed by atoms with van der Waals surface area (Å²) in [5.74, 6) is -2.33. The minimum absolute atomic E-state index is 0.216. The second-order valence-electron chi connectivity index (χ2n) is 5.27. The van der Waals surface area contributed by atoms with Crippen LogP contribution in [0.2, 0.25) is 0 Å². The third kappa shape index (κ3) is 4.86. The number of halogens is 3. The van der Waals surface area contributed by atoms with E-state index in [1.807, 2.05) is 6.92 Å². The molecule has 0 spiro atoms. The maximum atomic E-state index is 13.8. The number of nitrogens with one attached hydrogen (secondary N) is 1. The van der Waals surface area contributed by atoms with E-state index in [4.69, 9.17) is 0 Å². The minimum atomic E-state index is -1.14. The van der Waals surface area contributed by atoms with E-state index >= 15 is 0 Å². The fraction of sp³-hybridized carbons (Fsp3) is 0.600. The van der Waals surface area contributed by atoms with Crippen LogP contribution in [-0.4, -0.2) is 6.54 Å². The molecule has 0 bridgehead atoms. The summed E-state index contributed by atoms with van der Waals surface area (Å²) < 4.78 is 40.0. The molecule has 108 valence electrons. The van der Waals surface area contributed by atoms with E-state index in [9.17, 15) is 13.2 Å². The van der Waals surface area contributed by atoms with Gasteiger partial charge in [-0.2, -0.15) is 0 Å². The number of hydrogen-bond donors (Lipinski definition) is 1. The Morgan fingerprint density at radius 3 is 2.21 bits per heavy atom. The van der Waals surface area contributed by atoms with Gasteiger partial charge < -0.3 is 5.32 Å². The Bertz CT molecular complexity index is 405. The summed E-state index contributed by atoms with van der Waals surface area (Å²) in [4.78, 5) is 0. The van der Waals surface area contributed by atoms with Crippen LogP contribution in [0, 0.1) is 23.4 Å². The van der Waals surface area contributed by atoms with Gasteiger partial charge in [-0.15, -0.1) is 0 Å². The standard InChI is InChI=1S/C15H22F3N/c1-4-7-19-15(6-5-10(2)3)11-8-13(17)14(18)9-12(11)16/h8-10,15,19H,4-7H2,1-3H3.